The van der Waals surface area contributed by atoms with Gasteiger partial charge in [-0.05, 0) is 149 Å². The van der Waals surface area contributed by atoms with Gasteiger partial charge < -0.3 is 4.90 Å². The average Bonchev–Trinajstić information content (AvgIpc) is 1.88. The molecule has 0 saturated carbocycles. The van der Waals surface area contributed by atoms with E-state index < -0.39 is 0 Å². The van der Waals surface area contributed by atoms with Gasteiger partial charge in [0.1, 0.15) is 0 Å². The van der Waals surface area contributed by atoms with Crippen LogP contribution in [0.4, 0.5) is 17.1 Å². The van der Waals surface area contributed by atoms with Crippen molar-refractivity contribution in [1.82, 2.24) is 19.5 Å². The Morgan fingerprint density at radius 2 is 0.699 bits per heavy atom. The molecule has 0 saturated heterocycles. The Balaban J connectivity index is 0.894. The molecule has 2 heterocycles. The summed E-state index contributed by atoms with van der Waals surface area (Å²) in [5.74, 6) is 1.81. The van der Waals surface area contributed by atoms with Crippen LogP contribution in [0.3, 0.4) is 0 Å². The summed E-state index contributed by atoms with van der Waals surface area (Å²) in [5.41, 5.74) is 18.9. The SMILES string of the molecule is CC1(C)c2cc3c4ccccc4c4ccccc4c3cc2-c2cc3c4cc(-c5ccc(N(c6ccc(-c7ccccc7)cc6)c6ccccc6-c6ccccc6)cc5)ccc4n(-c4nc(-c5ccccc5)nc(-c5ccccc5)n4)c3cc21. The van der Waals surface area contributed by atoms with Gasteiger partial charge in [-0.1, -0.05) is 232 Å². The lowest BCUT2D eigenvalue weighted by Gasteiger charge is -2.28. The molecule has 2 aromatic heterocycles. The van der Waals surface area contributed by atoms with E-state index >= 15 is 0 Å². The van der Waals surface area contributed by atoms with Crippen LogP contribution in [-0.4, -0.2) is 19.5 Å². The Morgan fingerprint density at radius 3 is 1.27 bits per heavy atom. The quantitative estimate of drug-likeness (QED) is 0.135. The number of rotatable bonds is 9. The summed E-state index contributed by atoms with van der Waals surface area (Å²) >= 11 is 0. The Kier molecular flexibility index (Phi) is 11.2. The molecule has 0 fully saturated rings. The number of benzene rings is 13. The second-order valence-electron chi connectivity index (χ2n) is 22.3. The van der Waals surface area contributed by atoms with Gasteiger partial charge in [-0.2, -0.15) is 9.97 Å². The fourth-order valence-corrected chi connectivity index (χ4v) is 13.1. The van der Waals surface area contributed by atoms with Crippen molar-refractivity contribution in [3.05, 3.63) is 296 Å². The molecule has 0 unspecified atom stereocenters. The second-order valence-corrected chi connectivity index (χ2v) is 22.3. The van der Waals surface area contributed by atoms with E-state index in [9.17, 15) is 0 Å². The standard InChI is InChI=1S/C78H53N5/c1-78(2)70-48-65-63-33-18-16-31-61(63)60-30-15-17-32-62(60)64(65)46-66(70)67-47-69-68-45-56(39-44-73(68)83(74(69)49-71(67)78)77-80-75(54-25-11-5-12-26-54)79-76(81-77)55-27-13-6-14-28-55)52-37-42-58(43-38-52)82(57-40-35-51(36-41-57)50-21-7-3-8-22-50)72-34-20-19-29-59(72)53-23-9-4-10-24-53/h3-49H,1-2H3. The zero-order valence-corrected chi connectivity index (χ0v) is 45.9. The molecule has 0 spiro atoms. The molecule has 15 aromatic rings. The lowest BCUT2D eigenvalue weighted by molar-refractivity contribution is 0.662. The van der Waals surface area contributed by atoms with Crippen LogP contribution in [0, 0.1) is 0 Å². The first-order valence-corrected chi connectivity index (χ1v) is 28.5. The molecule has 0 bridgehead atoms. The summed E-state index contributed by atoms with van der Waals surface area (Å²) in [7, 11) is 0. The van der Waals surface area contributed by atoms with Crippen LogP contribution < -0.4 is 4.90 Å². The van der Waals surface area contributed by atoms with E-state index in [0.717, 1.165) is 72.2 Å². The van der Waals surface area contributed by atoms with Gasteiger partial charge in [-0.3, -0.25) is 4.57 Å². The largest absolute Gasteiger partial charge is 0.310 e. The molecular weight excluding hydrogens is 1010 g/mol. The predicted molar refractivity (Wildman–Crippen MR) is 346 cm³/mol. The lowest BCUT2D eigenvalue weighted by atomic mass is 9.81. The Morgan fingerprint density at radius 1 is 0.289 bits per heavy atom. The van der Waals surface area contributed by atoms with Crippen molar-refractivity contribution < 1.29 is 0 Å². The van der Waals surface area contributed by atoms with Crippen molar-refractivity contribution in [2.75, 3.05) is 4.90 Å². The molecule has 5 nitrogen and oxygen atoms in total. The van der Waals surface area contributed by atoms with Gasteiger partial charge in [0.25, 0.3) is 0 Å². The first-order valence-electron chi connectivity index (χ1n) is 28.5. The maximum Gasteiger partial charge on any atom is 0.238 e. The van der Waals surface area contributed by atoms with Crippen molar-refractivity contribution in [3.63, 3.8) is 0 Å². The van der Waals surface area contributed by atoms with E-state index in [4.69, 9.17) is 15.0 Å². The lowest BCUT2D eigenvalue weighted by Crippen LogP contribution is -2.15. The van der Waals surface area contributed by atoms with Crippen molar-refractivity contribution in [2.24, 2.45) is 0 Å². The van der Waals surface area contributed by atoms with E-state index in [1.807, 2.05) is 36.4 Å². The highest BCUT2D eigenvalue weighted by molar-refractivity contribution is 6.26. The third-order valence-electron chi connectivity index (χ3n) is 17.2. The normalized spacial score (nSPS) is 12.6. The molecule has 83 heavy (non-hydrogen) atoms. The zero-order valence-electron chi connectivity index (χ0n) is 45.9. The van der Waals surface area contributed by atoms with Crippen molar-refractivity contribution in [2.45, 2.75) is 19.3 Å². The van der Waals surface area contributed by atoms with Crippen LogP contribution in [-0.2, 0) is 5.41 Å². The smallest absolute Gasteiger partial charge is 0.238 e. The minimum atomic E-state index is -0.323. The summed E-state index contributed by atoms with van der Waals surface area (Å²) < 4.78 is 2.28. The van der Waals surface area contributed by atoms with Crippen LogP contribution >= 0.6 is 0 Å². The summed E-state index contributed by atoms with van der Waals surface area (Å²) in [6, 6.07) is 103. The second kappa shape index (κ2) is 19.2. The van der Waals surface area contributed by atoms with Gasteiger partial charge in [0.2, 0.25) is 5.95 Å². The number of para-hydroxylation sites is 1. The molecular formula is C78H53N5. The highest BCUT2D eigenvalue weighted by atomic mass is 15.2. The number of hydrogen-bond donors (Lipinski definition) is 0. The maximum atomic E-state index is 5.37. The van der Waals surface area contributed by atoms with Gasteiger partial charge in [0, 0.05) is 44.3 Å². The van der Waals surface area contributed by atoms with Crippen molar-refractivity contribution in [1.29, 1.82) is 0 Å². The third-order valence-corrected chi connectivity index (χ3v) is 17.2. The summed E-state index contributed by atoms with van der Waals surface area (Å²) in [6.07, 6.45) is 0. The molecule has 1 aliphatic carbocycles. The number of aromatic nitrogens is 4. The highest BCUT2D eigenvalue weighted by Gasteiger charge is 2.37. The minimum absolute atomic E-state index is 0.323. The first-order chi connectivity index (χ1) is 40.9. The van der Waals surface area contributed by atoms with Crippen LogP contribution in [0.25, 0.3) is 127 Å². The zero-order chi connectivity index (χ0) is 55.2. The average molecular weight is 1060 g/mol. The van der Waals surface area contributed by atoms with E-state index in [1.54, 1.807) is 0 Å². The van der Waals surface area contributed by atoms with Crippen LogP contribution in [0.2, 0.25) is 0 Å². The fraction of sp³-hybridized carbons (Fsp3) is 0.0385. The number of anilines is 3. The number of nitrogens with zero attached hydrogens (tertiary/aromatic N) is 5. The maximum absolute atomic E-state index is 5.37. The van der Waals surface area contributed by atoms with Crippen molar-refractivity contribution in [3.8, 4) is 73.2 Å². The van der Waals surface area contributed by atoms with Gasteiger partial charge in [-0.25, -0.2) is 4.98 Å². The van der Waals surface area contributed by atoms with Crippen LogP contribution in [0.15, 0.2) is 285 Å². The third kappa shape index (κ3) is 7.95. The molecule has 0 aliphatic heterocycles. The molecule has 0 N–H and O–H groups in total. The minimum Gasteiger partial charge on any atom is -0.310 e. The van der Waals surface area contributed by atoms with Gasteiger partial charge in [0.05, 0.1) is 16.7 Å². The molecule has 1 aliphatic rings. The van der Waals surface area contributed by atoms with E-state index in [1.165, 1.54) is 65.7 Å². The van der Waals surface area contributed by atoms with E-state index in [2.05, 4.69) is 272 Å². The summed E-state index contributed by atoms with van der Waals surface area (Å²) in [6.45, 7) is 4.77. The molecule has 16 rings (SSSR count). The van der Waals surface area contributed by atoms with Crippen LogP contribution in [0.5, 0.6) is 0 Å². The first kappa shape index (κ1) is 48.2. The van der Waals surface area contributed by atoms with Gasteiger partial charge in [0.15, 0.2) is 11.6 Å². The molecule has 5 heteroatoms. The number of fused-ring (bicyclic) bond motifs is 12. The predicted octanol–water partition coefficient (Wildman–Crippen LogP) is 20.5. The molecule has 13 aromatic carbocycles. The topological polar surface area (TPSA) is 46.8 Å². The Labute approximate surface area is 481 Å². The van der Waals surface area contributed by atoms with Gasteiger partial charge in [-0.15, -0.1) is 0 Å². The van der Waals surface area contributed by atoms with Crippen molar-refractivity contribution >= 4 is 71.2 Å². The molecule has 0 radical (unpaired) electrons. The number of hydrogen-bond acceptors (Lipinski definition) is 4. The fourth-order valence-electron chi connectivity index (χ4n) is 13.1. The monoisotopic (exact) mass is 1060 g/mol. The van der Waals surface area contributed by atoms with Gasteiger partial charge >= 0.3 is 0 Å². The van der Waals surface area contributed by atoms with Crippen LogP contribution in [0.1, 0.15) is 25.0 Å². The molecule has 0 atom stereocenters. The van der Waals surface area contributed by atoms with E-state index in [0.29, 0.717) is 17.6 Å². The Bertz CT molecular complexity index is 4960. The summed E-state index contributed by atoms with van der Waals surface area (Å²) in [5, 5.41) is 9.91. The van der Waals surface area contributed by atoms with E-state index in [-0.39, 0.29) is 5.41 Å². The summed E-state index contributed by atoms with van der Waals surface area (Å²) in [4.78, 5) is 18.3. The Hall–Kier alpha value is -10.8. The highest BCUT2D eigenvalue weighted by Crippen LogP contribution is 2.54. The molecule has 390 valence electrons. The molecule has 0 amide bonds.